The highest BCUT2D eigenvalue weighted by Gasteiger charge is 2.28. The molecule has 0 radical (unpaired) electrons. The first kappa shape index (κ1) is 17.7. The van der Waals surface area contributed by atoms with Crippen LogP contribution in [0.3, 0.4) is 0 Å². The van der Waals surface area contributed by atoms with Crippen LogP contribution in [0.15, 0.2) is 59.2 Å². The average Bonchev–Trinajstić information content (AvgIpc) is 2.61. The summed E-state index contributed by atoms with van der Waals surface area (Å²) in [7, 11) is 0. The van der Waals surface area contributed by atoms with Gasteiger partial charge in [0.25, 0.3) is 0 Å². The van der Waals surface area contributed by atoms with Crippen molar-refractivity contribution in [1.82, 2.24) is 5.32 Å². The third-order valence-electron chi connectivity index (χ3n) is 4.97. The molecular formula is C21H30N2. The van der Waals surface area contributed by atoms with E-state index in [-0.39, 0.29) is 0 Å². The third-order valence-corrected chi connectivity index (χ3v) is 4.97. The summed E-state index contributed by atoms with van der Waals surface area (Å²) in [5.74, 6) is 1.23. The third kappa shape index (κ3) is 4.90. The Labute approximate surface area is 141 Å². The smallest absolute Gasteiger partial charge is 0.0583 e. The molecule has 2 unspecified atom stereocenters. The Hall–Kier alpha value is -1.67. The second kappa shape index (κ2) is 8.83. The van der Waals surface area contributed by atoms with Gasteiger partial charge in [-0.15, -0.1) is 0 Å². The molecule has 2 heteroatoms. The zero-order valence-electron chi connectivity index (χ0n) is 14.8. The number of nitrogens with one attached hydrogen (secondary N) is 1. The fourth-order valence-electron chi connectivity index (χ4n) is 3.28. The van der Waals surface area contributed by atoms with Gasteiger partial charge in [-0.2, -0.15) is 0 Å². The van der Waals surface area contributed by atoms with Crippen molar-refractivity contribution in [2.45, 2.75) is 40.0 Å². The highest BCUT2D eigenvalue weighted by molar-refractivity contribution is 5.90. The maximum Gasteiger partial charge on any atom is 0.0583 e. The number of aliphatic imine (C=N–C) groups is 1. The van der Waals surface area contributed by atoms with Gasteiger partial charge >= 0.3 is 0 Å². The second-order valence-electron chi connectivity index (χ2n) is 6.45. The van der Waals surface area contributed by atoms with Crippen LogP contribution < -0.4 is 5.32 Å². The van der Waals surface area contributed by atoms with Gasteiger partial charge in [0.1, 0.15) is 0 Å². The number of hydrogen-bond donors (Lipinski definition) is 1. The minimum Gasteiger partial charge on any atom is -0.316 e. The van der Waals surface area contributed by atoms with Crippen LogP contribution in [-0.4, -0.2) is 18.8 Å². The number of rotatable bonds is 6. The van der Waals surface area contributed by atoms with Gasteiger partial charge in [-0.1, -0.05) is 56.3 Å². The van der Waals surface area contributed by atoms with Crippen LogP contribution in [0, 0.1) is 11.8 Å². The Bertz CT molecular complexity index is 569. The van der Waals surface area contributed by atoms with Crippen LogP contribution in [0.2, 0.25) is 0 Å². The van der Waals surface area contributed by atoms with Gasteiger partial charge in [-0.05, 0) is 43.9 Å². The van der Waals surface area contributed by atoms with Crippen LogP contribution in [0.5, 0.6) is 0 Å². The van der Waals surface area contributed by atoms with Crippen molar-refractivity contribution in [2.24, 2.45) is 16.8 Å². The Kier molecular flexibility index (Phi) is 6.79. The van der Waals surface area contributed by atoms with E-state index in [1.807, 2.05) is 6.92 Å². The van der Waals surface area contributed by atoms with Gasteiger partial charge < -0.3 is 5.32 Å². The summed E-state index contributed by atoms with van der Waals surface area (Å²) in [5, 5.41) is 3.56. The molecule has 2 rings (SSSR count). The van der Waals surface area contributed by atoms with Crippen molar-refractivity contribution in [2.75, 3.05) is 13.1 Å². The van der Waals surface area contributed by atoms with Crippen molar-refractivity contribution in [3.05, 3.63) is 59.8 Å². The fraction of sp³-hybridized carbons (Fsp3) is 0.476. The Morgan fingerprint density at radius 3 is 2.74 bits per heavy atom. The number of allylic oxidation sites excluding steroid dienone is 2. The molecule has 2 nitrogen and oxygen atoms in total. The molecule has 1 N–H and O–H groups in total. The summed E-state index contributed by atoms with van der Waals surface area (Å²) in [6, 6.07) is 10.7. The largest absolute Gasteiger partial charge is 0.316 e. The van der Waals surface area contributed by atoms with E-state index in [4.69, 9.17) is 4.99 Å². The van der Waals surface area contributed by atoms with E-state index in [0.29, 0.717) is 5.92 Å². The first-order valence-corrected chi connectivity index (χ1v) is 8.80. The van der Waals surface area contributed by atoms with E-state index >= 15 is 0 Å². The SMILES string of the molecule is C=C(N=C(Cc1ccccc1)C1CNCCC1CC)/C(C)=C\C. The summed E-state index contributed by atoms with van der Waals surface area (Å²) in [5.41, 5.74) is 4.67. The molecule has 0 saturated carbocycles. The summed E-state index contributed by atoms with van der Waals surface area (Å²) in [6.07, 6.45) is 5.46. The number of hydrogen-bond acceptors (Lipinski definition) is 2. The van der Waals surface area contributed by atoms with Crippen LogP contribution >= 0.6 is 0 Å². The van der Waals surface area contributed by atoms with E-state index in [9.17, 15) is 0 Å². The van der Waals surface area contributed by atoms with Crippen LogP contribution in [0.4, 0.5) is 0 Å². The lowest BCUT2D eigenvalue weighted by Crippen LogP contribution is -2.41. The molecule has 0 aliphatic carbocycles. The molecule has 1 aliphatic heterocycles. The molecule has 1 saturated heterocycles. The molecular weight excluding hydrogens is 280 g/mol. The molecule has 1 aliphatic rings. The normalized spacial score (nSPS) is 22.9. The van der Waals surface area contributed by atoms with Crippen molar-refractivity contribution < 1.29 is 0 Å². The van der Waals surface area contributed by atoms with E-state index in [2.05, 4.69) is 62.2 Å². The molecule has 1 aromatic rings. The standard InChI is InChI=1S/C21H30N2/c1-5-16(3)17(4)23-21(14-18-10-8-7-9-11-18)20-15-22-13-12-19(20)6-2/h5,7-11,19-20,22H,4,6,12-15H2,1-3H3/b16-5-,23-21?. The first-order valence-electron chi connectivity index (χ1n) is 8.80. The quantitative estimate of drug-likeness (QED) is 0.593. The maximum atomic E-state index is 4.98. The van der Waals surface area contributed by atoms with E-state index in [1.165, 1.54) is 24.1 Å². The Morgan fingerprint density at radius 1 is 1.35 bits per heavy atom. The van der Waals surface area contributed by atoms with Gasteiger partial charge in [-0.3, -0.25) is 4.99 Å². The van der Waals surface area contributed by atoms with Gasteiger partial charge in [0.2, 0.25) is 0 Å². The molecule has 1 fully saturated rings. The van der Waals surface area contributed by atoms with Crippen LogP contribution in [-0.2, 0) is 6.42 Å². The predicted octanol–water partition coefficient (Wildman–Crippen LogP) is 4.79. The molecule has 0 amide bonds. The van der Waals surface area contributed by atoms with Crippen molar-refractivity contribution in [3.8, 4) is 0 Å². The maximum absolute atomic E-state index is 4.98. The molecule has 2 atom stereocenters. The van der Waals surface area contributed by atoms with E-state index in [0.717, 1.165) is 36.7 Å². The summed E-state index contributed by atoms with van der Waals surface area (Å²) < 4.78 is 0. The van der Waals surface area contributed by atoms with Crippen LogP contribution in [0.25, 0.3) is 0 Å². The highest BCUT2D eigenvalue weighted by Crippen LogP contribution is 2.26. The summed E-state index contributed by atoms with van der Waals surface area (Å²) in [4.78, 5) is 4.98. The highest BCUT2D eigenvalue weighted by atomic mass is 14.9. The molecule has 23 heavy (non-hydrogen) atoms. The van der Waals surface area contributed by atoms with Gasteiger partial charge in [0.05, 0.1) is 5.70 Å². The van der Waals surface area contributed by atoms with Crippen molar-refractivity contribution >= 4 is 5.71 Å². The molecule has 1 heterocycles. The average molecular weight is 310 g/mol. The van der Waals surface area contributed by atoms with Crippen molar-refractivity contribution in [3.63, 3.8) is 0 Å². The number of piperidine rings is 1. The molecule has 124 valence electrons. The lowest BCUT2D eigenvalue weighted by Gasteiger charge is -2.33. The Morgan fingerprint density at radius 2 is 2.09 bits per heavy atom. The zero-order chi connectivity index (χ0) is 16.7. The zero-order valence-corrected chi connectivity index (χ0v) is 14.8. The predicted molar refractivity (Wildman–Crippen MR) is 101 cm³/mol. The van der Waals surface area contributed by atoms with Gasteiger partial charge in [0, 0.05) is 24.6 Å². The minimum atomic E-state index is 0.510. The second-order valence-corrected chi connectivity index (χ2v) is 6.45. The number of benzene rings is 1. The summed E-state index contributed by atoms with van der Waals surface area (Å²) >= 11 is 0. The lowest BCUT2D eigenvalue weighted by atomic mass is 9.79. The van der Waals surface area contributed by atoms with E-state index in [1.54, 1.807) is 0 Å². The fourth-order valence-corrected chi connectivity index (χ4v) is 3.28. The van der Waals surface area contributed by atoms with Crippen LogP contribution in [0.1, 0.15) is 39.2 Å². The lowest BCUT2D eigenvalue weighted by molar-refractivity contribution is 0.308. The molecule has 1 aromatic carbocycles. The first-order chi connectivity index (χ1) is 11.2. The molecule has 0 bridgehead atoms. The summed E-state index contributed by atoms with van der Waals surface area (Å²) in [6.45, 7) is 12.8. The van der Waals surface area contributed by atoms with E-state index < -0.39 is 0 Å². The minimum absolute atomic E-state index is 0.510. The molecule has 0 spiro atoms. The topological polar surface area (TPSA) is 24.4 Å². The van der Waals surface area contributed by atoms with Gasteiger partial charge in [0.15, 0.2) is 0 Å². The molecule has 0 aromatic heterocycles. The number of nitrogens with zero attached hydrogens (tertiary/aromatic N) is 1. The monoisotopic (exact) mass is 310 g/mol. The Balaban J connectivity index is 2.30. The van der Waals surface area contributed by atoms with Crippen molar-refractivity contribution in [1.29, 1.82) is 0 Å². The van der Waals surface area contributed by atoms with Gasteiger partial charge in [-0.25, -0.2) is 0 Å².